The molecule has 1 saturated carbocycles. The lowest BCUT2D eigenvalue weighted by molar-refractivity contribution is -0.151. The fourth-order valence-electron chi connectivity index (χ4n) is 2.47. The molecule has 0 aliphatic heterocycles. The summed E-state index contributed by atoms with van der Waals surface area (Å²) in [5, 5.41) is 0. The molecule has 0 atom stereocenters. The van der Waals surface area contributed by atoms with Gasteiger partial charge in [-0.2, -0.15) is 0 Å². The predicted molar refractivity (Wildman–Crippen MR) is 87.3 cm³/mol. The lowest BCUT2D eigenvalue weighted by Crippen LogP contribution is -2.36. The second-order valence-corrected chi connectivity index (χ2v) is 6.06. The highest BCUT2D eigenvalue weighted by atomic mass is 16.5. The molecular weight excluding hydrogens is 294 g/mol. The fourth-order valence-corrected chi connectivity index (χ4v) is 2.47. The maximum Gasteiger partial charge on any atom is 0.310 e. The Bertz CT molecular complexity index is 552. The van der Waals surface area contributed by atoms with E-state index < -0.39 is 5.97 Å². The number of rotatable bonds is 8. The Morgan fingerprint density at radius 3 is 2.65 bits per heavy atom. The Hall–Kier alpha value is -2.04. The van der Waals surface area contributed by atoms with E-state index in [1.165, 1.54) is 0 Å². The van der Waals surface area contributed by atoms with E-state index in [1.54, 1.807) is 4.90 Å². The minimum absolute atomic E-state index is 0.0808. The molecule has 1 fully saturated rings. The Morgan fingerprint density at radius 2 is 2.04 bits per heavy atom. The molecule has 1 amide bonds. The molecule has 0 heterocycles. The summed E-state index contributed by atoms with van der Waals surface area (Å²) in [6, 6.07) is 7.71. The van der Waals surface area contributed by atoms with Gasteiger partial charge in [-0.3, -0.25) is 9.59 Å². The number of likely N-dealkylation sites (N-methyl/N-ethyl adjacent to an activating group) is 1. The molecule has 1 aromatic rings. The van der Waals surface area contributed by atoms with E-state index in [0.29, 0.717) is 12.6 Å². The van der Waals surface area contributed by atoms with Crippen LogP contribution in [0.1, 0.15) is 39.2 Å². The maximum atomic E-state index is 12.0. The topological polar surface area (TPSA) is 55.8 Å². The maximum absolute atomic E-state index is 12.0. The summed E-state index contributed by atoms with van der Waals surface area (Å²) < 4.78 is 10.7. The molecule has 2 rings (SSSR count). The molecule has 0 unspecified atom stereocenters. The molecule has 1 aromatic carbocycles. The van der Waals surface area contributed by atoms with Crippen molar-refractivity contribution in [1.29, 1.82) is 0 Å². The van der Waals surface area contributed by atoms with E-state index >= 15 is 0 Å². The van der Waals surface area contributed by atoms with Gasteiger partial charge in [0.1, 0.15) is 5.75 Å². The van der Waals surface area contributed by atoms with Crippen LogP contribution in [0.25, 0.3) is 0 Å². The highest BCUT2D eigenvalue weighted by Gasteiger charge is 2.31. The predicted octanol–water partition coefficient (Wildman–Crippen LogP) is 2.57. The highest BCUT2D eigenvalue weighted by Crippen LogP contribution is 2.26. The first-order valence-corrected chi connectivity index (χ1v) is 8.20. The average Bonchev–Trinajstić information content (AvgIpc) is 3.30. The van der Waals surface area contributed by atoms with Gasteiger partial charge in [-0.1, -0.05) is 12.1 Å². The smallest absolute Gasteiger partial charge is 0.310 e. The molecule has 1 aliphatic carbocycles. The molecule has 5 heteroatoms. The van der Waals surface area contributed by atoms with E-state index in [1.807, 2.05) is 45.0 Å². The third-order valence-corrected chi connectivity index (χ3v) is 3.62. The number of amides is 1. The molecule has 0 saturated heterocycles. The number of carbonyl (C=O) groups excluding carboxylic acids is 2. The van der Waals surface area contributed by atoms with Crippen molar-refractivity contribution >= 4 is 11.9 Å². The molecule has 1 aliphatic rings. The van der Waals surface area contributed by atoms with Gasteiger partial charge in [-0.05, 0) is 51.3 Å². The van der Waals surface area contributed by atoms with Gasteiger partial charge in [-0.15, -0.1) is 0 Å². The first kappa shape index (κ1) is 17.3. The van der Waals surface area contributed by atoms with Gasteiger partial charge in [0.15, 0.2) is 6.61 Å². The van der Waals surface area contributed by atoms with E-state index in [9.17, 15) is 9.59 Å². The van der Waals surface area contributed by atoms with Gasteiger partial charge in [-0.25, -0.2) is 0 Å². The molecule has 0 bridgehead atoms. The van der Waals surface area contributed by atoms with Gasteiger partial charge in [0, 0.05) is 12.6 Å². The second-order valence-electron chi connectivity index (χ2n) is 6.06. The molecule has 23 heavy (non-hydrogen) atoms. The summed E-state index contributed by atoms with van der Waals surface area (Å²) in [5.74, 6) is 0.222. The largest absolute Gasteiger partial charge is 0.491 e. The van der Waals surface area contributed by atoms with Gasteiger partial charge >= 0.3 is 5.97 Å². The molecule has 0 N–H and O–H groups in total. The molecule has 0 aromatic heterocycles. The summed E-state index contributed by atoms with van der Waals surface area (Å²) in [5.41, 5.74) is 0.815. The minimum Gasteiger partial charge on any atom is -0.491 e. The first-order chi connectivity index (χ1) is 11.0. The molecule has 5 nitrogen and oxygen atoms in total. The molecule has 0 spiro atoms. The fraction of sp³-hybridized carbons (Fsp3) is 0.556. The summed E-state index contributed by atoms with van der Waals surface area (Å²) >= 11 is 0. The third kappa shape index (κ3) is 5.58. The van der Waals surface area contributed by atoms with Crippen LogP contribution in [0.4, 0.5) is 0 Å². The van der Waals surface area contributed by atoms with Crippen LogP contribution in [0, 0.1) is 0 Å². The lowest BCUT2D eigenvalue weighted by atomic mass is 10.1. The number of carbonyl (C=O) groups is 2. The monoisotopic (exact) mass is 319 g/mol. The van der Waals surface area contributed by atoms with Crippen LogP contribution < -0.4 is 4.74 Å². The standard InChI is InChI=1S/C18H25NO4/c1-4-19(15-8-9-15)17(20)12-22-18(21)11-14-6-5-7-16(10-14)23-13(2)3/h5-7,10,13,15H,4,8-9,11-12H2,1-3H3. The Kier molecular flexibility index (Phi) is 6.02. The van der Waals surface area contributed by atoms with Gasteiger partial charge in [0.2, 0.25) is 0 Å². The molecule has 126 valence electrons. The van der Waals surface area contributed by atoms with E-state index in [2.05, 4.69) is 0 Å². The van der Waals surface area contributed by atoms with Crippen molar-refractivity contribution in [1.82, 2.24) is 4.90 Å². The zero-order valence-electron chi connectivity index (χ0n) is 14.1. The Balaban J connectivity index is 1.81. The van der Waals surface area contributed by atoms with Crippen LogP contribution in [-0.4, -0.2) is 42.1 Å². The van der Waals surface area contributed by atoms with Crippen molar-refractivity contribution in [2.24, 2.45) is 0 Å². The number of nitrogens with zero attached hydrogens (tertiary/aromatic N) is 1. The van der Waals surface area contributed by atoms with Crippen LogP contribution in [-0.2, 0) is 20.7 Å². The second kappa shape index (κ2) is 7.99. The number of ether oxygens (including phenoxy) is 2. The quantitative estimate of drug-likeness (QED) is 0.691. The normalized spacial score (nSPS) is 13.7. The van der Waals surface area contributed by atoms with Crippen molar-refractivity contribution in [2.45, 2.75) is 52.2 Å². The molecular formula is C18H25NO4. The van der Waals surface area contributed by atoms with Crippen LogP contribution in [0.5, 0.6) is 5.75 Å². The van der Waals surface area contributed by atoms with Crippen molar-refractivity contribution in [2.75, 3.05) is 13.2 Å². The first-order valence-electron chi connectivity index (χ1n) is 8.20. The number of esters is 1. The van der Waals surface area contributed by atoms with Crippen molar-refractivity contribution in [3.05, 3.63) is 29.8 Å². The van der Waals surface area contributed by atoms with E-state index in [0.717, 1.165) is 24.2 Å². The van der Waals surface area contributed by atoms with Crippen molar-refractivity contribution in [3.63, 3.8) is 0 Å². The summed E-state index contributed by atoms with van der Waals surface area (Å²) in [6.07, 6.45) is 2.32. The van der Waals surface area contributed by atoms with Crippen molar-refractivity contribution in [3.8, 4) is 5.75 Å². The Morgan fingerprint density at radius 1 is 1.30 bits per heavy atom. The van der Waals surface area contributed by atoms with Gasteiger partial charge in [0.05, 0.1) is 12.5 Å². The van der Waals surface area contributed by atoms with Crippen LogP contribution >= 0.6 is 0 Å². The van der Waals surface area contributed by atoms with Crippen LogP contribution in [0.15, 0.2) is 24.3 Å². The minimum atomic E-state index is -0.396. The highest BCUT2D eigenvalue weighted by molar-refractivity contribution is 5.81. The summed E-state index contributed by atoms with van der Waals surface area (Å²) in [7, 11) is 0. The number of hydrogen-bond acceptors (Lipinski definition) is 4. The zero-order valence-corrected chi connectivity index (χ0v) is 14.1. The van der Waals surface area contributed by atoms with E-state index in [4.69, 9.17) is 9.47 Å². The molecule has 0 radical (unpaired) electrons. The zero-order chi connectivity index (χ0) is 16.8. The van der Waals surface area contributed by atoms with Crippen molar-refractivity contribution < 1.29 is 19.1 Å². The summed E-state index contributed by atoms with van der Waals surface area (Å²) in [4.78, 5) is 25.7. The number of hydrogen-bond donors (Lipinski definition) is 0. The number of benzene rings is 1. The van der Waals surface area contributed by atoms with Crippen LogP contribution in [0.3, 0.4) is 0 Å². The Labute approximate surface area is 137 Å². The lowest BCUT2D eigenvalue weighted by Gasteiger charge is -2.20. The van der Waals surface area contributed by atoms with Crippen LogP contribution in [0.2, 0.25) is 0 Å². The van der Waals surface area contributed by atoms with Gasteiger partial charge < -0.3 is 14.4 Å². The van der Waals surface area contributed by atoms with E-state index in [-0.39, 0.29) is 25.0 Å². The third-order valence-electron chi connectivity index (χ3n) is 3.62. The van der Waals surface area contributed by atoms with Gasteiger partial charge in [0.25, 0.3) is 5.91 Å². The SMILES string of the molecule is CCN(C(=O)COC(=O)Cc1cccc(OC(C)C)c1)C1CC1. The average molecular weight is 319 g/mol. The summed E-state index contributed by atoms with van der Waals surface area (Å²) in [6.45, 7) is 6.33.